The number of benzene rings is 1. The maximum Gasteiger partial charge on any atom is 0.280 e. The molecule has 1 aliphatic rings. The Morgan fingerprint density at radius 3 is 2.72 bits per heavy atom. The molecule has 0 unspecified atom stereocenters. The van der Waals surface area contributed by atoms with Gasteiger partial charge in [-0.2, -0.15) is 10.2 Å². The summed E-state index contributed by atoms with van der Waals surface area (Å²) >= 11 is 12.0. The number of amides is 1. The third kappa shape index (κ3) is 4.18. The number of nitrogens with zero attached hydrogens (tertiary/aromatic N) is 5. The van der Waals surface area contributed by atoms with Gasteiger partial charge in [-0.3, -0.25) is 9.48 Å². The summed E-state index contributed by atoms with van der Waals surface area (Å²) in [5, 5.41) is 11.9. The van der Waals surface area contributed by atoms with Crippen LogP contribution in [0.3, 0.4) is 0 Å². The number of carbonyl (C=O) groups excluding carboxylic acids is 1. The summed E-state index contributed by atoms with van der Waals surface area (Å²) in [5.41, 5.74) is 1.88. The standard InChI is InChI=1S/C21H16Cl2F2N6O/c22-14-4-1-11(5-15(14)23)9-30-10-13(8-26-30)27-21(32)17-7-19-28-16(12-2-3-12)6-18(20(24)25)31(19)29-17/h1,4-8,10,12,20H,2-3,9H2,(H,27,32). The Kier molecular flexibility index (Phi) is 5.30. The van der Waals surface area contributed by atoms with Crippen LogP contribution >= 0.6 is 23.2 Å². The van der Waals surface area contributed by atoms with Crippen molar-refractivity contribution in [1.29, 1.82) is 0 Å². The first kappa shape index (κ1) is 20.8. The SMILES string of the molecule is O=C(Nc1cnn(Cc2ccc(Cl)c(Cl)c2)c1)c1cc2nc(C3CC3)cc(C(F)F)n2n1. The number of rotatable bonds is 6. The lowest BCUT2D eigenvalue weighted by atomic mass is 10.2. The molecule has 4 aromatic rings. The smallest absolute Gasteiger partial charge is 0.280 e. The molecule has 11 heteroatoms. The van der Waals surface area contributed by atoms with E-state index in [1.165, 1.54) is 18.3 Å². The van der Waals surface area contributed by atoms with Crippen molar-refractivity contribution in [3.05, 3.63) is 75.4 Å². The maximum atomic E-state index is 13.5. The zero-order valence-corrected chi connectivity index (χ0v) is 18.0. The molecule has 1 amide bonds. The Morgan fingerprint density at radius 1 is 1.19 bits per heavy atom. The highest BCUT2D eigenvalue weighted by Crippen LogP contribution is 2.40. The Bertz CT molecular complexity index is 1330. The predicted octanol–water partition coefficient (Wildman–Crippen LogP) is 5.35. The van der Waals surface area contributed by atoms with E-state index < -0.39 is 12.3 Å². The minimum atomic E-state index is -2.73. The molecule has 32 heavy (non-hydrogen) atoms. The van der Waals surface area contributed by atoms with E-state index >= 15 is 0 Å². The summed E-state index contributed by atoms with van der Waals surface area (Å²) in [6.07, 6.45) is 2.26. The van der Waals surface area contributed by atoms with E-state index in [1.807, 2.05) is 6.07 Å². The van der Waals surface area contributed by atoms with Gasteiger partial charge in [0, 0.05) is 23.9 Å². The van der Waals surface area contributed by atoms with E-state index in [2.05, 4.69) is 20.5 Å². The second kappa shape index (κ2) is 8.14. The minimum Gasteiger partial charge on any atom is -0.318 e. The van der Waals surface area contributed by atoms with Crippen LogP contribution in [0.2, 0.25) is 10.0 Å². The molecule has 1 fully saturated rings. The van der Waals surface area contributed by atoms with Gasteiger partial charge in [0.05, 0.1) is 28.5 Å². The molecule has 0 bridgehead atoms. The van der Waals surface area contributed by atoms with Gasteiger partial charge in [0.25, 0.3) is 12.3 Å². The molecule has 3 aromatic heterocycles. The van der Waals surface area contributed by atoms with Gasteiger partial charge in [0.1, 0.15) is 5.69 Å². The monoisotopic (exact) mass is 476 g/mol. The maximum absolute atomic E-state index is 13.5. The van der Waals surface area contributed by atoms with Crippen LogP contribution in [0, 0.1) is 0 Å². The highest BCUT2D eigenvalue weighted by molar-refractivity contribution is 6.42. The number of hydrogen-bond donors (Lipinski definition) is 1. The van der Waals surface area contributed by atoms with Crippen molar-refractivity contribution >= 4 is 40.4 Å². The first-order valence-corrected chi connectivity index (χ1v) is 10.6. The summed E-state index contributed by atoms with van der Waals surface area (Å²) in [6.45, 7) is 0.423. The molecule has 164 valence electrons. The minimum absolute atomic E-state index is 0.00965. The fraction of sp³-hybridized carbons (Fsp3) is 0.238. The van der Waals surface area contributed by atoms with Gasteiger partial charge in [-0.15, -0.1) is 0 Å². The van der Waals surface area contributed by atoms with Crippen LogP contribution in [-0.2, 0) is 6.54 Å². The molecule has 0 spiro atoms. The normalized spacial score (nSPS) is 13.8. The third-order valence-electron chi connectivity index (χ3n) is 5.15. The van der Waals surface area contributed by atoms with Crippen molar-refractivity contribution in [2.75, 3.05) is 5.32 Å². The van der Waals surface area contributed by atoms with Crippen LogP contribution < -0.4 is 5.32 Å². The number of halogens is 4. The lowest BCUT2D eigenvalue weighted by Gasteiger charge is -2.06. The molecule has 7 nitrogen and oxygen atoms in total. The van der Waals surface area contributed by atoms with E-state index in [0.717, 1.165) is 22.9 Å². The van der Waals surface area contributed by atoms with Gasteiger partial charge in [0.15, 0.2) is 11.3 Å². The summed E-state index contributed by atoms with van der Waals surface area (Å²) in [5.74, 6) is -0.344. The van der Waals surface area contributed by atoms with Gasteiger partial charge < -0.3 is 5.32 Å². The van der Waals surface area contributed by atoms with E-state index in [0.29, 0.717) is 28.0 Å². The Labute approximate surface area is 191 Å². The van der Waals surface area contributed by atoms with Crippen molar-refractivity contribution in [1.82, 2.24) is 24.4 Å². The van der Waals surface area contributed by atoms with Crippen LogP contribution in [0.5, 0.6) is 0 Å². The van der Waals surface area contributed by atoms with E-state index in [-0.39, 0.29) is 23.0 Å². The van der Waals surface area contributed by atoms with Crippen molar-refractivity contribution < 1.29 is 13.6 Å². The molecule has 1 aromatic carbocycles. The molecule has 1 aliphatic carbocycles. The number of carbonyl (C=O) groups is 1. The molecule has 1 N–H and O–H groups in total. The predicted molar refractivity (Wildman–Crippen MR) is 116 cm³/mol. The molecule has 0 atom stereocenters. The molecule has 1 saturated carbocycles. The Morgan fingerprint density at radius 2 is 2.00 bits per heavy atom. The quantitative estimate of drug-likeness (QED) is 0.406. The van der Waals surface area contributed by atoms with Crippen molar-refractivity contribution in [3.8, 4) is 0 Å². The lowest BCUT2D eigenvalue weighted by molar-refractivity contribution is 0.102. The van der Waals surface area contributed by atoms with Crippen LogP contribution in [0.1, 0.15) is 52.6 Å². The molecule has 3 heterocycles. The Balaban J connectivity index is 1.35. The number of anilines is 1. The largest absolute Gasteiger partial charge is 0.318 e. The van der Waals surface area contributed by atoms with Gasteiger partial charge >= 0.3 is 0 Å². The van der Waals surface area contributed by atoms with Gasteiger partial charge in [0.2, 0.25) is 0 Å². The van der Waals surface area contributed by atoms with Crippen molar-refractivity contribution in [3.63, 3.8) is 0 Å². The first-order valence-electron chi connectivity index (χ1n) is 9.84. The molecule has 0 saturated heterocycles. The molecular weight excluding hydrogens is 461 g/mol. The van der Waals surface area contributed by atoms with Gasteiger partial charge in [-0.05, 0) is 36.6 Å². The van der Waals surface area contributed by atoms with Gasteiger partial charge in [-0.25, -0.2) is 18.3 Å². The van der Waals surface area contributed by atoms with E-state index in [4.69, 9.17) is 23.2 Å². The highest BCUT2D eigenvalue weighted by Gasteiger charge is 2.28. The molecule has 0 radical (unpaired) electrons. The van der Waals surface area contributed by atoms with E-state index in [1.54, 1.807) is 23.0 Å². The first-order chi connectivity index (χ1) is 15.4. The van der Waals surface area contributed by atoms with Crippen LogP contribution in [0.4, 0.5) is 14.5 Å². The van der Waals surface area contributed by atoms with Crippen molar-refractivity contribution in [2.45, 2.75) is 31.7 Å². The van der Waals surface area contributed by atoms with Crippen LogP contribution in [0.25, 0.3) is 5.65 Å². The van der Waals surface area contributed by atoms with Crippen LogP contribution in [0.15, 0.2) is 42.7 Å². The summed E-state index contributed by atoms with van der Waals surface area (Å²) in [4.78, 5) is 17.1. The number of alkyl halides is 2. The van der Waals surface area contributed by atoms with Crippen molar-refractivity contribution in [2.24, 2.45) is 0 Å². The van der Waals surface area contributed by atoms with E-state index in [9.17, 15) is 13.6 Å². The average molecular weight is 477 g/mol. The topological polar surface area (TPSA) is 77.1 Å². The van der Waals surface area contributed by atoms with Gasteiger partial charge in [-0.1, -0.05) is 29.3 Å². The molecule has 0 aliphatic heterocycles. The second-order valence-corrected chi connectivity index (χ2v) is 8.42. The molecule has 5 rings (SSSR count). The fourth-order valence-corrected chi connectivity index (χ4v) is 3.73. The second-order valence-electron chi connectivity index (χ2n) is 7.61. The number of aromatic nitrogens is 5. The highest BCUT2D eigenvalue weighted by atomic mass is 35.5. The summed E-state index contributed by atoms with van der Waals surface area (Å²) in [6, 6.07) is 8.05. The molecular formula is C21H16Cl2F2N6O. The number of hydrogen-bond acceptors (Lipinski definition) is 4. The zero-order chi connectivity index (χ0) is 22.4. The summed E-state index contributed by atoms with van der Waals surface area (Å²) in [7, 11) is 0. The number of fused-ring (bicyclic) bond motifs is 1. The van der Waals surface area contributed by atoms with Crippen LogP contribution in [-0.4, -0.2) is 30.3 Å². The zero-order valence-electron chi connectivity index (χ0n) is 16.5. The average Bonchev–Trinajstić information content (AvgIpc) is 3.37. The third-order valence-corrected chi connectivity index (χ3v) is 5.89. The fourth-order valence-electron chi connectivity index (χ4n) is 3.41. The number of nitrogens with one attached hydrogen (secondary N) is 1. The lowest BCUT2D eigenvalue weighted by Crippen LogP contribution is -2.12. The Hall–Kier alpha value is -3.04. The summed E-state index contributed by atoms with van der Waals surface area (Å²) < 4.78 is 29.7.